The molecule has 1 saturated carbocycles. The van der Waals surface area contributed by atoms with E-state index in [2.05, 4.69) is 26.1 Å². The van der Waals surface area contributed by atoms with Gasteiger partial charge in [-0.1, -0.05) is 55.4 Å². The van der Waals surface area contributed by atoms with Crippen LogP contribution in [0.2, 0.25) is 0 Å². The van der Waals surface area contributed by atoms with Gasteiger partial charge >= 0.3 is 0 Å². The zero-order valence-corrected chi connectivity index (χ0v) is 21.8. The molecule has 1 fully saturated rings. The Labute approximate surface area is 195 Å². The van der Waals surface area contributed by atoms with Crippen LogP contribution in [0.1, 0.15) is 93.9 Å². The van der Waals surface area contributed by atoms with Gasteiger partial charge < -0.3 is 10.2 Å². The fourth-order valence-corrected chi connectivity index (χ4v) is 4.77. The minimum absolute atomic E-state index is 0.0171. The second kappa shape index (κ2) is 11.5. The molecule has 1 aliphatic rings. The van der Waals surface area contributed by atoms with Gasteiger partial charge in [-0.25, -0.2) is 5.06 Å². The van der Waals surface area contributed by atoms with Crippen LogP contribution in [-0.4, -0.2) is 58.6 Å². The van der Waals surface area contributed by atoms with Gasteiger partial charge in [-0.3, -0.25) is 19.6 Å². The molecule has 1 aliphatic carbocycles. The van der Waals surface area contributed by atoms with E-state index in [0.717, 1.165) is 25.7 Å². The largest absolute Gasteiger partial charge is 0.357 e. The molecule has 1 unspecified atom stereocenters. The van der Waals surface area contributed by atoms with E-state index in [9.17, 15) is 19.6 Å². The first-order valence-corrected chi connectivity index (χ1v) is 12.1. The van der Waals surface area contributed by atoms with Crippen molar-refractivity contribution in [2.24, 2.45) is 22.7 Å². The van der Waals surface area contributed by atoms with Crippen LogP contribution in [0.15, 0.2) is 0 Å². The van der Waals surface area contributed by atoms with Gasteiger partial charge in [0.25, 0.3) is 0 Å². The van der Waals surface area contributed by atoms with E-state index in [-0.39, 0.29) is 48.6 Å². The van der Waals surface area contributed by atoms with Crippen LogP contribution in [0.3, 0.4) is 0 Å². The van der Waals surface area contributed by atoms with Crippen molar-refractivity contribution in [1.29, 1.82) is 0 Å². The van der Waals surface area contributed by atoms with Crippen LogP contribution < -0.4 is 5.32 Å². The average molecular weight is 454 g/mol. The molecule has 0 spiro atoms. The van der Waals surface area contributed by atoms with E-state index in [0.29, 0.717) is 11.0 Å². The van der Waals surface area contributed by atoms with Gasteiger partial charge in [0.05, 0.1) is 6.54 Å². The number of hydroxylamine groups is 2. The maximum Gasteiger partial charge on any atom is 0.246 e. The Morgan fingerprint density at radius 3 is 1.84 bits per heavy atom. The van der Waals surface area contributed by atoms with Gasteiger partial charge in [0.2, 0.25) is 17.7 Å². The standard InChI is InChI=1S/C25H47N3O4/c1-17(2)16-27(32)20(29)14-15-21(30)28(22(23(31)26-9)25(6,7)8)19-12-10-18(11-13-19)24(3,4)5/h17-19,22,32H,10-16H2,1-9H3,(H,26,31). The molecule has 0 radical (unpaired) electrons. The van der Waals surface area contributed by atoms with Crippen LogP contribution in [0.25, 0.3) is 0 Å². The van der Waals surface area contributed by atoms with E-state index in [1.807, 2.05) is 34.6 Å². The first-order chi connectivity index (χ1) is 14.6. The Hall–Kier alpha value is -1.63. The minimum atomic E-state index is -0.618. The van der Waals surface area contributed by atoms with Crippen molar-refractivity contribution >= 4 is 17.7 Å². The molecule has 0 heterocycles. The number of carbonyl (C=O) groups is 3. The summed E-state index contributed by atoms with van der Waals surface area (Å²) in [5.74, 6) is -0.120. The average Bonchev–Trinajstić information content (AvgIpc) is 2.67. The van der Waals surface area contributed by atoms with Crippen LogP contribution in [0, 0.1) is 22.7 Å². The maximum absolute atomic E-state index is 13.5. The molecule has 7 nitrogen and oxygen atoms in total. The number of hydrogen-bond acceptors (Lipinski definition) is 4. The zero-order chi connectivity index (χ0) is 24.9. The molecular formula is C25H47N3O4. The lowest BCUT2D eigenvalue weighted by molar-refractivity contribution is -0.168. The Balaban J connectivity index is 3.08. The van der Waals surface area contributed by atoms with Gasteiger partial charge in [-0.2, -0.15) is 0 Å². The summed E-state index contributed by atoms with van der Waals surface area (Å²) < 4.78 is 0. The number of amides is 3. The molecular weight excluding hydrogens is 406 g/mol. The number of nitrogens with one attached hydrogen (secondary N) is 1. The van der Waals surface area contributed by atoms with Crippen molar-refractivity contribution in [2.45, 2.75) is 106 Å². The molecule has 32 heavy (non-hydrogen) atoms. The van der Waals surface area contributed by atoms with Crippen LogP contribution in [0.5, 0.6) is 0 Å². The molecule has 2 N–H and O–H groups in total. The molecule has 1 atom stereocenters. The summed E-state index contributed by atoms with van der Waals surface area (Å²) in [6, 6.07) is -0.647. The Kier molecular flexibility index (Phi) is 10.2. The van der Waals surface area contributed by atoms with E-state index in [1.54, 1.807) is 11.9 Å². The van der Waals surface area contributed by atoms with Gasteiger partial charge in [0.15, 0.2) is 0 Å². The van der Waals surface area contributed by atoms with Crippen molar-refractivity contribution in [1.82, 2.24) is 15.3 Å². The number of nitrogens with zero attached hydrogens (tertiary/aromatic N) is 2. The van der Waals surface area contributed by atoms with E-state index in [4.69, 9.17) is 0 Å². The molecule has 3 amide bonds. The summed E-state index contributed by atoms with van der Waals surface area (Å²) in [5, 5.41) is 13.4. The topological polar surface area (TPSA) is 90.0 Å². The number of hydrogen-bond donors (Lipinski definition) is 2. The summed E-state index contributed by atoms with van der Waals surface area (Å²) in [6.07, 6.45) is 3.65. The monoisotopic (exact) mass is 453 g/mol. The van der Waals surface area contributed by atoms with Gasteiger partial charge in [0.1, 0.15) is 6.04 Å². The highest BCUT2D eigenvalue weighted by atomic mass is 16.5. The lowest BCUT2D eigenvalue weighted by Gasteiger charge is -2.47. The Bertz CT molecular complexity index is 641. The predicted molar refractivity (Wildman–Crippen MR) is 127 cm³/mol. The first-order valence-electron chi connectivity index (χ1n) is 12.1. The van der Waals surface area contributed by atoms with Crippen molar-refractivity contribution in [2.75, 3.05) is 13.6 Å². The van der Waals surface area contributed by atoms with E-state index >= 15 is 0 Å². The third-order valence-corrected chi connectivity index (χ3v) is 6.57. The smallest absolute Gasteiger partial charge is 0.246 e. The lowest BCUT2D eigenvalue weighted by Crippen LogP contribution is -2.59. The molecule has 0 bridgehead atoms. The Morgan fingerprint density at radius 2 is 1.44 bits per heavy atom. The van der Waals surface area contributed by atoms with E-state index in [1.165, 1.54) is 0 Å². The SMILES string of the molecule is CNC(=O)C(N(C(=O)CCC(=O)N(O)CC(C)C)C1CCC(C(C)(C)C)CC1)C(C)(C)C. The fourth-order valence-electron chi connectivity index (χ4n) is 4.77. The minimum Gasteiger partial charge on any atom is -0.357 e. The normalized spacial score (nSPS) is 20.6. The molecule has 0 aromatic rings. The van der Waals surface area contributed by atoms with Crippen LogP contribution in [-0.2, 0) is 14.4 Å². The number of rotatable bonds is 8. The summed E-state index contributed by atoms with van der Waals surface area (Å²) in [4.78, 5) is 40.5. The van der Waals surface area contributed by atoms with Gasteiger partial charge in [-0.05, 0) is 48.3 Å². The second-order valence-electron chi connectivity index (χ2n) is 11.9. The fraction of sp³-hybridized carbons (Fsp3) is 0.880. The van der Waals surface area contributed by atoms with E-state index < -0.39 is 17.4 Å². The van der Waals surface area contributed by atoms with Crippen molar-refractivity contribution in [3.05, 3.63) is 0 Å². The third kappa shape index (κ3) is 8.05. The predicted octanol–water partition coefficient (Wildman–Crippen LogP) is 4.23. The van der Waals surface area contributed by atoms with Crippen molar-refractivity contribution in [3.8, 4) is 0 Å². The summed E-state index contributed by atoms with van der Waals surface area (Å²) >= 11 is 0. The number of likely N-dealkylation sites (N-methyl/N-ethyl adjacent to an activating group) is 1. The highest BCUT2D eigenvalue weighted by Gasteiger charge is 2.43. The highest BCUT2D eigenvalue weighted by Crippen LogP contribution is 2.40. The van der Waals surface area contributed by atoms with Gasteiger partial charge in [0, 0.05) is 25.9 Å². The molecule has 1 rings (SSSR count). The lowest BCUT2D eigenvalue weighted by atomic mass is 9.70. The van der Waals surface area contributed by atoms with Gasteiger partial charge in [-0.15, -0.1) is 0 Å². The van der Waals surface area contributed by atoms with Crippen LogP contribution in [0.4, 0.5) is 0 Å². The maximum atomic E-state index is 13.5. The summed E-state index contributed by atoms with van der Waals surface area (Å²) in [5.41, 5.74) is -0.237. The van der Waals surface area contributed by atoms with Crippen molar-refractivity contribution in [3.63, 3.8) is 0 Å². The third-order valence-electron chi connectivity index (χ3n) is 6.57. The second-order valence-corrected chi connectivity index (χ2v) is 11.9. The number of carbonyl (C=O) groups excluding carboxylic acids is 3. The summed E-state index contributed by atoms with van der Waals surface area (Å²) in [7, 11) is 1.60. The molecule has 0 aromatic heterocycles. The zero-order valence-electron chi connectivity index (χ0n) is 21.8. The molecule has 0 saturated heterocycles. The van der Waals surface area contributed by atoms with Crippen LogP contribution >= 0.6 is 0 Å². The van der Waals surface area contributed by atoms with Crippen molar-refractivity contribution < 1.29 is 19.6 Å². The summed E-state index contributed by atoms with van der Waals surface area (Å²) in [6.45, 7) is 16.7. The highest BCUT2D eigenvalue weighted by molar-refractivity contribution is 5.90. The first kappa shape index (κ1) is 28.4. The Morgan fingerprint density at radius 1 is 0.938 bits per heavy atom. The molecule has 0 aromatic carbocycles. The molecule has 7 heteroatoms. The molecule has 186 valence electrons. The molecule has 0 aliphatic heterocycles. The quantitative estimate of drug-likeness (QED) is 0.425.